The van der Waals surface area contributed by atoms with Gasteiger partial charge in [0.05, 0.1) is 5.69 Å². The Balaban J connectivity index is 1.00. The molecular weight excluding hydrogens is 731 g/mol. The van der Waals surface area contributed by atoms with E-state index in [1.165, 1.54) is 33.4 Å². The van der Waals surface area contributed by atoms with Crippen LogP contribution in [0.25, 0.3) is 88.4 Å². The fourth-order valence-corrected chi connectivity index (χ4v) is 9.77. The first-order chi connectivity index (χ1) is 29.5. The molecule has 1 aliphatic carbocycles. The Morgan fingerprint density at radius 3 is 1.83 bits per heavy atom. The van der Waals surface area contributed by atoms with E-state index in [-0.39, 0.29) is 5.41 Å². The number of benzene rings is 9. The molecule has 0 aliphatic heterocycles. The molecular formula is C57H39NO2. The molecule has 60 heavy (non-hydrogen) atoms. The number of anilines is 3. The summed E-state index contributed by atoms with van der Waals surface area (Å²) in [6.07, 6.45) is 0. The highest BCUT2D eigenvalue weighted by Gasteiger charge is 2.36. The van der Waals surface area contributed by atoms with E-state index in [1.54, 1.807) is 0 Å². The van der Waals surface area contributed by atoms with Crippen LogP contribution in [-0.2, 0) is 5.41 Å². The predicted octanol–water partition coefficient (Wildman–Crippen LogP) is 16.3. The van der Waals surface area contributed by atoms with Crippen LogP contribution in [0, 0.1) is 0 Å². The SMILES string of the molecule is CC1(C)c2ccccc2-c2ccc(N(c3ccc(-c4ccc5oc6c(-c7ccccc7)c7c(cc6c5c4)oc4ccccc47)cc3)c3ccccc3-c3ccccc3)cc21. The largest absolute Gasteiger partial charge is 0.456 e. The first-order valence-electron chi connectivity index (χ1n) is 20.7. The van der Waals surface area contributed by atoms with E-state index in [0.29, 0.717) is 0 Å². The van der Waals surface area contributed by atoms with Gasteiger partial charge in [-0.15, -0.1) is 0 Å². The van der Waals surface area contributed by atoms with E-state index < -0.39 is 0 Å². The second-order valence-corrected chi connectivity index (χ2v) is 16.4. The summed E-state index contributed by atoms with van der Waals surface area (Å²) in [5.41, 5.74) is 18.8. The topological polar surface area (TPSA) is 29.5 Å². The van der Waals surface area contributed by atoms with Gasteiger partial charge < -0.3 is 13.7 Å². The van der Waals surface area contributed by atoms with Gasteiger partial charge in [0, 0.05) is 49.5 Å². The Morgan fingerprint density at radius 2 is 1.02 bits per heavy atom. The molecule has 284 valence electrons. The summed E-state index contributed by atoms with van der Waals surface area (Å²) in [7, 11) is 0. The average Bonchev–Trinajstić information content (AvgIpc) is 3.93. The lowest BCUT2D eigenvalue weighted by atomic mass is 9.82. The monoisotopic (exact) mass is 769 g/mol. The first-order valence-corrected chi connectivity index (χ1v) is 20.7. The van der Waals surface area contributed by atoms with Gasteiger partial charge in [-0.1, -0.05) is 159 Å². The van der Waals surface area contributed by atoms with E-state index in [2.05, 4.69) is 207 Å². The van der Waals surface area contributed by atoms with Crippen molar-refractivity contribution in [3.05, 3.63) is 211 Å². The van der Waals surface area contributed by atoms with Crippen molar-refractivity contribution in [1.29, 1.82) is 0 Å². The summed E-state index contributed by atoms with van der Waals surface area (Å²) in [4.78, 5) is 2.42. The van der Waals surface area contributed by atoms with Crippen LogP contribution in [0.2, 0.25) is 0 Å². The van der Waals surface area contributed by atoms with Crippen molar-refractivity contribution in [3.63, 3.8) is 0 Å². The van der Waals surface area contributed by atoms with Crippen LogP contribution in [0.1, 0.15) is 25.0 Å². The summed E-state index contributed by atoms with van der Waals surface area (Å²) in [6, 6.07) is 71.8. The highest BCUT2D eigenvalue weighted by atomic mass is 16.3. The van der Waals surface area contributed by atoms with E-state index >= 15 is 0 Å². The summed E-state index contributed by atoms with van der Waals surface area (Å²) >= 11 is 0. The lowest BCUT2D eigenvalue weighted by Crippen LogP contribution is -2.16. The Hall–Kier alpha value is -7.62. The number of fused-ring (bicyclic) bond motifs is 9. The predicted molar refractivity (Wildman–Crippen MR) is 250 cm³/mol. The molecule has 0 saturated carbocycles. The summed E-state index contributed by atoms with van der Waals surface area (Å²) in [6.45, 7) is 4.70. The lowest BCUT2D eigenvalue weighted by Gasteiger charge is -2.30. The molecule has 3 heteroatoms. The van der Waals surface area contributed by atoms with Crippen molar-refractivity contribution in [2.45, 2.75) is 19.3 Å². The van der Waals surface area contributed by atoms with Crippen LogP contribution in [0.5, 0.6) is 0 Å². The van der Waals surface area contributed by atoms with Gasteiger partial charge in [-0.25, -0.2) is 0 Å². The second kappa shape index (κ2) is 13.2. The molecule has 11 aromatic rings. The van der Waals surface area contributed by atoms with Gasteiger partial charge in [0.1, 0.15) is 22.3 Å². The van der Waals surface area contributed by atoms with Crippen molar-refractivity contribution in [1.82, 2.24) is 0 Å². The summed E-state index contributed by atoms with van der Waals surface area (Å²) in [5, 5.41) is 4.27. The van der Waals surface area contributed by atoms with Crippen molar-refractivity contribution >= 4 is 60.9 Å². The number of hydrogen-bond acceptors (Lipinski definition) is 3. The van der Waals surface area contributed by atoms with Crippen LogP contribution in [0.4, 0.5) is 17.1 Å². The molecule has 0 amide bonds. The number of rotatable bonds is 6. The highest BCUT2D eigenvalue weighted by molar-refractivity contribution is 6.23. The fraction of sp³-hybridized carbons (Fsp3) is 0.0526. The molecule has 2 aromatic heterocycles. The minimum Gasteiger partial charge on any atom is -0.456 e. The molecule has 0 bridgehead atoms. The van der Waals surface area contributed by atoms with E-state index in [9.17, 15) is 0 Å². The van der Waals surface area contributed by atoms with Crippen LogP contribution in [0.3, 0.4) is 0 Å². The van der Waals surface area contributed by atoms with E-state index in [1.807, 2.05) is 12.1 Å². The molecule has 0 fully saturated rings. The Morgan fingerprint density at radius 1 is 0.383 bits per heavy atom. The number of furan rings is 2. The Kier molecular flexibility index (Phi) is 7.58. The van der Waals surface area contributed by atoms with Crippen LogP contribution in [0.15, 0.2) is 209 Å². The molecule has 0 atom stereocenters. The van der Waals surface area contributed by atoms with Gasteiger partial charge in [-0.2, -0.15) is 0 Å². The Bertz CT molecular complexity index is 3450. The first kappa shape index (κ1) is 34.4. The van der Waals surface area contributed by atoms with Crippen LogP contribution in [-0.4, -0.2) is 0 Å². The smallest absolute Gasteiger partial charge is 0.144 e. The maximum atomic E-state index is 6.77. The van der Waals surface area contributed by atoms with Gasteiger partial charge in [-0.05, 0) is 99.1 Å². The number of para-hydroxylation sites is 2. The normalized spacial score (nSPS) is 13.0. The molecule has 12 rings (SSSR count). The van der Waals surface area contributed by atoms with Crippen molar-refractivity contribution < 1.29 is 8.83 Å². The number of nitrogens with zero attached hydrogens (tertiary/aromatic N) is 1. The molecule has 0 saturated heterocycles. The zero-order chi connectivity index (χ0) is 40.0. The maximum absolute atomic E-state index is 6.77. The minimum absolute atomic E-state index is 0.121. The van der Waals surface area contributed by atoms with E-state index in [4.69, 9.17) is 8.83 Å². The molecule has 3 nitrogen and oxygen atoms in total. The quantitative estimate of drug-likeness (QED) is 0.169. The van der Waals surface area contributed by atoms with E-state index in [0.717, 1.165) is 83.2 Å². The van der Waals surface area contributed by atoms with Crippen LogP contribution < -0.4 is 4.90 Å². The molecule has 0 unspecified atom stereocenters. The molecule has 0 spiro atoms. The summed E-state index contributed by atoms with van der Waals surface area (Å²) < 4.78 is 13.3. The average molecular weight is 770 g/mol. The zero-order valence-corrected chi connectivity index (χ0v) is 33.3. The second-order valence-electron chi connectivity index (χ2n) is 16.4. The zero-order valence-electron chi connectivity index (χ0n) is 33.3. The van der Waals surface area contributed by atoms with Crippen molar-refractivity contribution in [2.24, 2.45) is 0 Å². The molecule has 0 radical (unpaired) electrons. The van der Waals surface area contributed by atoms with Gasteiger partial charge >= 0.3 is 0 Å². The third-order valence-electron chi connectivity index (χ3n) is 12.7. The molecule has 1 aliphatic rings. The van der Waals surface area contributed by atoms with Gasteiger partial charge in [-0.3, -0.25) is 0 Å². The van der Waals surface area contributed by atoms with Crippen LogP contribution >= 0.6 is 0 Å². The molecule has 0 N–H and O–H groups in total. The third kappa shape index (κ3) is 5.22. The molecule has 9 aromatic carbocycles. The van der Waals surface area contributed by atoms with Crippen molar-refractivity contribution in [3.8, 4) is 44.5 Å². The summed E-state index contributed by atoms with van der Waals surface area (Å²) in [5.74, 6) is 0. The van der Waals surface area contributed by atoms with Gasteiger partial charge in [0.15, 0.2) is 0 Å². The minimum atomic E-state index is -0.121. The Labute approximate surface area is 348 Å². The standard InChI is InChI=1S/C57H39NO2/c1-57(2)48-22-12-9-20-43(48)44-31-30-41(34-49(44)57)58(50-23-13-10-19-42(50)37-15-5-3-6-16-37)40-28-25-36(26-29-40)39-27-32-52-46(33-39)47-35-53-55(45-21-11-14-24-51(45)59-53)54(56(47)60-52)38-17-7-4-8-18-38/h3-35H,1-2H3. The van der Waals surface area contributed by atoms with Crippen molar-refractivity contribution in [2.75, 3.05) is 4.90 Å². The fourth-order valence-electron chi connectivity index (χ4n) is 9.77. The maximum Gasteiger partial charge on any atom is 0.144 e. The van der Waals surface area contributed by atoms with Gasteiger partial charge in [0.25, 0.3) is 0 Å². The highest BCUT2D eigenvalue weighted by Crippen LogP contribution is 2.52. The lowest BCUT2D eigenvalue weighted by molar-refractivity contribution is 0.660. The molecule has 2 heterocycles. The van der Waals surface area contributed by atoms with Gasteiger partial charge in [0.2, 0.25) is 0 Å². The third-order valence-corrected chi connectivity index (χ3v) is 12.7. The number of hydrogen-bond donors (Lipinski definition) is 0.